The fourth-order valence-corrected chi connectivity index (χ4v) is 3.01. The highest BCUT2D eigenvalue weighted by molar-refractivity contribution is 5.68. The van der Waals surface area contributed by atoms with E-state index >= 15 is 0 Å². The Balaban J connectivity index is 2.49. The van der Waals surface area contributed by atoms with Gasteiger partial charge < -0.3 is 20.7 Å². The van der Waals surface area contributed by atoms with Crippen molar-refractivity contribution in [3.63, 3.8) is 0 Å². The zero-order chi connectivity index (χ0) is 17.6. The molecule has 0 aromatic rings. The first kappa shape index (κ1) is 20.2. The second-order valence-electron chi connectivity index (χ2n) is 8.27. The average Bonchev–Trinajstić information content (AvgIpc) is 2.45. The van der Waals surface area contributed by atoms with Crippen LogP contribution in [-0.2, 0) is 4.74 Å². The maximum absolute atomic E-state index is 12.3. The van der Waals surface area contributed by atoms with Crippen LogP contribution in [0.1, 0.15) is 54.4 Å². The fourth-order valence-electron chi connectivity index (χ4n) is 3.01. The van der Waals surface area contributed by atoms with E-state index in [9.17, 15) is 4.79 Å². The highest BCUT2D eigenvalue weighted by atomic mass is 16.6. The monoisotopic (exact) mass is 327 g/mol. The van der Waals surface area contributed by atoms with Crippen LogP contribution in [0.3, 0.4) is 0 Å². The lowest BCUT2D eigenvalue weighted by Crippen LogP contribution is -2.49. The van der Waals surface area contributed by atoms with Gasteiger partial charge in [0.2, 0.25) is 0 Å². The van der Waals surface area contributed by atoms with Crippen molar-refractivity contribution < 1.29 is 9.53 Å². The molecule has 1 aliphatic rings. The molecular weight excluding hydrogens is 290 g/mol. The van der Waals surface area contributed by atoms with Crippen molar-refractivity contribution >= 4 is 6.09 Å². The number of hydrogen-bond donors (Lipinski definition) is 2. The summed E-state index contributed by atoms with van der Waals surface area (Å²) < 4.78 is 5.50. The van der Waals surface area contributed by atoms with E-state index in [1.54, 1.807) is 0 Å². The molecule has 5 nitrogen and oxygen atoms in total. The van der Waals surface area contributed by atoms with Gasteiger partial charge in [-0.05, 0) is 71.4 Å². The number of hydrogen-bond acceptors (Lipinski definition) is 4. The molecule has 136 valence electrons. The number of amides is 1. The Bertz CT molecular complexity index is 366. The van der Waals surface area contributed by atoms with Crippen molar-refractivity contribution in [2.24, 2.45) is 23.5 Å². The molecule has 1 heterocycles. The van der Waals surface area contributed by atoms with Crippen LogP contribution < -0.4 is 11.1 Å². The zero-order valence-electron chi connectivity index (χ0n) is 15.9. The normalized spacial score (nSPS) is 22.1. The lowest BCUT2D eigenvalue weighted by atomic mass is 9.90. The number of ether oxygens (including phenoxy) is 1. The van der Waals surface area contributed by atoms with Crippen LogP contribution in [0, 0.1) is 17.8 Å². The molecule has 1 aliphatic heterocycles. The van der Waals surface area contributed by atoms with E-state index in [2.05, 4.69) is 26.1 Å². The van der Waals surface area contributed by atoms with Gasteiger partial charge in [0.15, 0.2) is 0 Å². The maximum atomic E-state index is 12.3. The van der Waals surface area contributed by atoms with Gasteiger partial charge in [0.05, 0.1) is 0 Å². The van der Waals surface area contributed by atoms with E-state index in [1.807, 2.05) is 25.7 Å². The molecule has 5 heteroatoms. The quantitative estimate of drug-likeness (QED) is 0.787. The Morgan fingerprint density at radius 2 is 2.00 bits per heavy atom. The van der Waals surface area contributed by atoms with E-state index in [4.69, 9.17) is 10.5 Å². The van der Waals surface area contributed by atoms with Gasteiger partial charge in [0.1, 0.15) is 5.60 Å². The van der Waals surface area contributed by atoms with Crippen molar-refractivity contribution in [2.75, 3.05) is 26.2 Å². The number of nitrogens with zero attached hydrogens (tertiary/aromatic N) is 1. The summed E-state index contributed by atoms with van der Waals surface area (Å²) in [6.45, 7) is 15.6. The summed E-state index contributed by atoms with van der Waals surface area (Å²) in [7, 11) is 0. The number of nitrogens with one attached hydrogen (secondary N) is 1. The largest absolute Gasteiger partial charge is 0.444 e. The number of carbonyl (C=O) groups excluding carboxylic acids is 1. The van der Waals surface area contributed by atoms with Crippen LogP contribution in [0.15, 0.2) is 0 Å². The van der Waals surface area contributed by atoms with Gasteiger partial charge >= 0.3 is 6.09 Å². The molecule has 3 unspecified atom stereocenters. The van der Waals surface area contributed by atoms with Gasteiger partial charge in [-0.15, -0.1) is 0 Å². The molecule has 23 heavy (non-hydrogen) atoms. The van der Waals surface area contributed by atoms with E-state index in [0.717, 1.165) is 32.5 Å². The maximum Gasteiger partial charge on any atom is 0.410 e. The smallest absolute Gasteiger partial charge is 0.410 e. The molecule has 0 aromatic heterocycles. The summed E-state index contributed by atoms with van der Waals surface area (Å²) in [5.41, 5.74) is 5.42. The molecule has 0 aromatic carbocycles. The summed E-state index contributed by atoms with van der Waals surface area (Å²) in [6.07, 6.45) is 2.01. The highest BCUT2D eigenvalue weighted by Crippen LogP contribution is 2.22. The first-order chi connectivity index (χ1) is 10.6. The van der Waals surface area contributed by atoms with E-state index in [1.165, 1.54) is 0 Å². The summed E-state index contributed by atoms with van der Waals surface area (Å²) in [5, 5.41) is 3.63. The molecule has 0 bridgehead atoms. The van der Waals surface area contributed by atoms with E-state index in [-0.39, 0.29) is 6.09 Å². The van der Waals surface area contributed by atoms with Crippen LogP contribution in [0.25, 0.3) is 0 Å². The summed E-state index contributed by atoms with van der Waals surface area (Å²) in [5.74, 6) is 1.56. The number of piperidine rings is 1. The number of carbonyl (C=O) groups is 1. The van der Waals surface area contributed by atoms with E-state index < -0.39 is 5.60 Å². The third kappa shape index (κ3) is 7.08. The zero-order valence-corrected chi connectivity index (χ0v) is 15.9. The standard InChI is InChI=1S/C18H37N3O2/c1-13(2)16(10-19)11-20-14(3)15-8-7-9-21(12-15)17(22)23-18(4,5)6/h13-16,20H,7-12,19H2,1-6H3. The Hall–Kier alpha value is -0.810. The average molecular weight is 328 g/mol. The van der Waals surface area contributed by atoms with Crippen molar-refractivity contribution in [3.05, 3.63) is 0 Å². The van der Waals surface area contributed by atoms with Crippen molar-refractivity contribution in [3.8, 4) is 0 Å². The number of rotatable bonds is 6. The molecule has 0 spiro atoms. The molecular formula is C18H37N3O2. The molecule has 1 saturated heterocycles. The van der Waals surface area contributed by atoms with Gasteiger partial charge in [-0.3, -0.25) is 0 Å². The van der Waals surface area contributed by atoms with E-state index in [0.29, 0.717) is 30.3 Å². The minimum atomic E-state index is -0.431. The first-order valence-corrected chi connectivity index (χ1v) is 9.05. The molecule has 1 amide bonds. The molecule has 3 atom stereocenters. The van der Waals surface area contributed by atoms with Gasteiger partial charge in [-0.1, -0.05) is 13.8 Å². The Kier molecular flexibility index (Phi) is 7.81. The lowest BCUT2D eigenvalue weighted by Gasteiger charge is -2.37. The fraction of sp³-hybridized carbons (Fsp3) is 0.944. The Morgan fingerprint density at radius 1 is 1.35 bits per heavy atom. The van der Waals surface area contributed by atoms with Gasteiger partial charge in [-0.25, -0.2) is 4.79 Å². The topological polar surface area (TPSA) is 67.6 Å². The molecule has 0 aliphatic carbocycles. The predicted octanol–water partition coefficient (Wildman–Crippen LogP) is 2.84. The number of nitrogens with two attached hydrogens (primary N) is 1. The minimum absolute atomic E-state index is 0.184. The first-order valence-electron chi connectivity index (χ1n) is 9.05. The molecule has 0 radical (unpaired) electrons. The molecule has 1 fully saturated rings. The third-order valence-electron chi connectivity index (χ3n) is 4.76. The number of likely N-dealkylation sites (tertiary alicyclic amines) is 1. The summed E-state index contributed by atoms with van der Waals surface area (Å²) in [4.78, 5) is 14.1. The molecule has 0 saturated carbocycles. The minimum Gasteiger partial charge on any atom is -0.444 e. The SMILES string of the molecule is CC(C)C(CN)CNC(C)C1CCCN(C(=O)OC(C)(C)C)C1. The highest BCUT2D eigenvalue weighted by Gasteiger charge is 2.30. The van der Waals surface area contributed by atoms with Crippen LogP contribution >= 0.6 is 0 Å². The lowest BCUT2D eigenvalue weighted by molar-refractivity contribution is 0.0147. The summed E-state index contributed by atoms with van der Waals surface area (Å²) >= 11 is 0. The predicted molar refractivity (Wildman–Crippen MR) is 95.4 cm³/mol. The van der Waals surface area contributed by atoms with Gasteiger partial charge in [0, 0.05) is 19.1 Å². The van der Waals surface area contributed by atoms with Crippen LogP contribution in [-0.4, -0.2) is 48.8 Å². The summed E-state index contributed by atoms with van der Waals surface area (Å²) in [6, 6.07) is 0.382. The second-order valence-corrected chi connectivity index (χ2v) is 8.27. The molecule has 3 N–H and O–H groups in total. The Morgan fingerprint density at radius 3 is 2.52 bits per heavy atom. The third-order valence-corrected chi connectivity index (χ3v) is 4.76. The van der Waals surface area contributed by atoms with Gasteiger partial charge in [0.25, 0.3) is 0 Å². The van der Waals surface area contributed by atoms with Crippen LogP contribution in [0.4, 0.5) is 4.79 Å². The Labute approximate surface area is 142 Å². The van der Waals surface area contributed by atoms with Gasteiger partial charge in [-0.2, -0.15) is 0 Å². The van der Waals surface area contributed by atoms with Crippen molar-refractivity contribution in [2.45, 2.75) is 66.0 Å². The van der Waals surface area contributed by atoms with Crippen LogP contribution in [0.5, 0.6) is 0 Å². The molecule has 1 rings (SSSR count). The van der Waals surface area contributed by atoms with Crippen molar-refractivity contribution in [1.29, 1.82) is 0 Å². The van der Waals surface area contributed by atoms with Crippen LogP contribution in [0.2, 0.25) is 0 Å². The second kappa shape index (κ2) is 8.88. The van der Waals surface area contributed by atoms with Crippen molar-refractivity contribution in [1.82, 2.24) is 10.2 Å².